The van der Waals surface area contributed by atoms with Crippen molar-refractivity contribution in [3.63, 3.8) is 0 Å². The fourth-order valence-corrected chi connectivity index (χ4v) is 6.82. The minimum absolute atomic E-state index is 0.151. The smallest absolute Gasteiger partial charge is 0.306 e. The van der Waals surface area contributed by atoms with Crippen LogP contribution in [0.5, 0.6) is 0 Å². The molecular formula is C30H44O8. The van der Waals surface area contributed by atoms with Gasteiger partial charge in [0.1, 0.15) is 6.10 Å². The summed E-state index contributed by atoms with van der Waals surface area (Å²) in [4.78, 5) is 37.2. The second-order valence-corrected chi connectivity index (χ2v) is 11.7. The molecule has 0 N–H and O–H groups in total. The second kappa shape index (κ2) is 11.7. The molecule has 212 valence electrons. The van der Waals surface area contributed by atoms with Gasteiger partial charge in [0.2, 0.25) is 12.6 Å². The summed E-state index contributed by atoms with van der Waals surface area (Å²) in [5.74, 6) is -1.17. The third-order valence-electron chi connectivity index (χ3n) is 8.79. The first kappa shape index (κ1) is 30.1. The number of hydrogen-bond donors (Lipinski definition) is 0. The second-order valence-electron chi connectivity index (χ2n) is 11.7. The first-order chi connectivity index (χ1) is 17.8. The Labute approximate surface area is 226 Å². The predicted octanol–water partition coefficient (Wildman–Crippen LogP) is 5.27. The number of rotatable bonds is 10. The van der Waals surface area contributed by atoms with E-state index >= 15 is 0 Å². The van der Waals surface area contributed by atoms with E-state index in [1.165, 1.54) is 13.8 Å². The Morgan fingerprint density at radius 2 is 1.82 bits per heavy atom. The lowest BCUT2D eigenvalue weighted by molar-refractivity contribution is -0.257. The Kier molecular flexibility index (Phi) is 9.30. The van der Waals surface area contributed by atoms with Crippen molar-refractivity contribution in [2.24, 2.45) is 28.6 Å². The minimum Gasteiger partial charge on any atom is -0.458 e. The molecule has 2 unspecified atom stereocenters. The summed E-state index contributed by atoms with van der Waals surface area (Å²) in [6.45, 7) is 19.0. The van der Waals surface area contributed by atoms with E-state index in [1.54, 1.807) is 13.2 Å². The Morgan fingerprint density at radius 3 is 2.37 bits per heavy atom. The van der Waals surface area contributed by atoms with Crippen LogP contribution in [0.15, 0.2) is 36.5 Å². The normalized spacial score (nSPS) is 35.9. The van der Waals surface area contributed by atoms with Gasteiger partial charge in [0.05, 0.1) is 11.5 Å². The van der Waals surface area contributed by atoms with E-state index in [0.717, 1.165) is 18.4 Å². The zero-order valence-corrected chi connectivity index (χ0v) is 23.9. The maximum absolute atomic E-state index is 12.8. The summed E-state index contributed by atoms with van der Waals surface area (Å²) in [6.07, 6.45) is 3.50. The van der Waals surface area contributed by atoms with Gasteiger partial charge in [-0.2, -0.15) is 0 Å². The average molecular weight is 533 g/mol. The van der Waals surface area contributed by atoms with Gasteiger partial charge in [-0.3, -0.25) is 19.1 Å². The summed E-state index contributed by atoms with van der Waals surface area (Å²) in [5.41, 5.74) is 0.323. The summed E-state index contributed by atoms with van der Waals surface area (Å²) in [5, 5.41) is 0. The lowest BCUT2D eigenvalue weighted by Gasteiger charge is -2.61. The van der Waals surface area contributed by atoms with Gasteiger partial charge in [-0.1, -0.05) is 52.5 Å². The summed E-state index contributed by atoms with van der Waals surface area (Å²) >= 11 is 0. The van der Waals surface area contributed by atoms with Crippen molar-refractivity contribution in [2.75, 3.05) is 7.11 Å². The highest BCUT2D eigenvalue weighted by atomic mass is 16.8. The van der Waals surface area contributed by atoms with E-state index in [-0.39, 0.29) is 35.2 Å². The van der Waals surface area contributed by atoms with Crippen molar-refractivity contribution in [2.45, 2.75) is 98.4 Å². The van der Waals surface area contributed by atoms with Crippen molar-refractivity contribution in [1.82, 2.24) is 0 Å². The highest BCUT2D eigenvalue weighted by molar-refractivity contribution is 5.70. The SMILES string of the molecule is C=CC(=C)CC[C@]1(C)C2C[C@H](OC(=O)CC(C)C)C=C3[C@H](OC(C)=O)O[C@H](OC(C)=O)C32[C@H](OC)C[C@@H]1C. The van der Waals surface area contributed by atoms with Crippen LogP contribution in [0.25, 0.3) is 0 Å². The third-order valence-corrected chi connectivity index (χ3v) is 8.79. The molecule has 2 aliphatic carbocycles. The van der Waals surface area contributed by atoms with Crippen molar-refractivity contribution in [3.05, 3.63) is 36.5 Å². The molecule has 0 aromatic carbocycles. The fraction of sp³-hybridized carbons (Fsp3) is 0.700. The molecule has 3 aliphatic rings. The summed E-state index contributed by atoms with van der Waals surface area (Å²) in [7, 11) is 1.64. The van der Waals surface area contributed by atoms with Crippen LogP contribution >= 0.6 is 0 Å². The van der Waals surface area contributed by atoms with Crippen LogP contribution in [0.4, 0.5) is 0 Å². The molecule has 1 saturated heterocycles. The van der Waals surface area contributed by atoms with Gasteiger partial charge in [-0.15, -0.1) is 0 Å². The maximum Gasteiger partial charge on any atom is 0.306 e. The molecule has 0 radical (unpaired) electrons. The monoisotopic (exact) mass is 532 g/mol. The minimum atomic E-state index is -1.09. The van der Waals surface area contributed by atoms with Gasteiger partial charge in [0.15, 0.2) is 0 Å². The Bertz CT molecular complexity index is 983. The Hall–Kier alpha value is -2.45. The van der Waals surface area contributed by atoms with Crippen molar-refractivity contribution in [1.29, 1.82) is 0 Å². The Morgan fingerprint density at radius 1 is 1.16 bits per heavy atom. The lowest BCUT2D eigenvalue weighted by atomic mass is 9.45. The molecule has 8 nitrogen and oxygen atoms in total. The standard InChI is InChI=1S/C30H44O8/c1-10-18(4)11-12-29(8)19(5)14-25(34-9)30-23(27(35-20(6)31)38-28(30)36-21(7)32)15-22(16-24(29)30)37-26(33)13-17(2)3/h10,15,17,19,22,24-25,27-28H,1,4,11-14,16H2,2-3,5-9H3/t19-,22+,24?,25+,27+,28-,29-,30?/m0/s1. The molecule has 8 heteroatoms. The van der Waals surface area contributed by atoms with E-state index in [2.05, 4.69) is 27.0 Å². The molecule has 1 aliphatic heterocycles. The number of ether oxygens (including phenoxy) is 5. The molecule has 38 heavy (non-hydrogen) atoms. The molecule has 0 aromatic heterocycles. The zero-order valence-electron chi connectivity index (χ0n) is 23.9. The van der Waals surface area contributed by atoms with Gasteiger partial charge in [-0.25, -0.2) is 0 Å². The van der Waals surface area contributed by atoms with Gasteiger partial charge < -0.3 is 18.9 Å². The molecule has 0 aromatic rings. The van der Waals surface area contributed by atoms with Crippen LogP contribution in [0.1, 0.15) is 73.6 Å². The number of methoxy groups -OCH3 is 1. The van der Waals surface area contributed by atoms with Crippen LogP contribution < -0.4 is 0 Å². The van der Waals surface area contributed by atoms with Gasteiger partial charge in [-0.05, 0) is 54.9 Å². The molecular weight excluding hydrogens is 488 g/mol. The van der Waals surface area contributed by atoms with Crippen molar-refractivity contribution < 1.29 is 38.1 Å². The maximum atomic E-state index is 12.8. The van der Waals surface area contributed by atoms with Gasteiger partial charge in [0.25, 0.3) is 0 Å². The lowest BCUT2D eigenvalue weighted by Crippen LogP contribution is -2.63. The molecule has 2 fully saturated rings. The molecule has 0 amide bonds. The topological polar surface area (TPSA) is 97.4 Å². The number of hydrogen-bond acceptors (Lipinski definition) is 8. The van der Waals surface area contributed by atoms with Gasteiger partial charge >= 0.3 is 17.9 Å². The molecule has 0 bridgehead atoms. The van der Waals surface area contributed by atoms with Gasteiger partial charge in [0, 0.05) is 33.0 Å². The van der Waals surface area contributed by atoms with Crippen LogP contribution in [-0.2, 0) is 38.1 Å². The molecule has 1 saturated carbocycles. The zero-order chi connectivity index (χ0) is 28.4. The van der Waals surface area contributed by atoms with Crippen LogP contribution in [0.2, 0.25) is 0 Å². The highest BCUT2D eigenvalue weighted by Crippen LogP contribution is 2.68. The summed E-state index contributed by atoms with van der Waals surface area (Å²) in [6, 6.07) is 0. The number of carbonyl (C=O) groups is 3. The average Bonchev–Trinajstić information content (AvgIpc) is 3.10. The van der Waals surface area contributed by atoms with Crippen molar-refractivity contribution >= 4 is 17.9 Å². The first-order valence-corrected chi connectivity index (χ1v) is 13.5. The third kappa shape index (κ3) is 5.62. The fourth-order valence-electron chi connectivity index (χ4n) is 6.82. The molecule has 8 atom stereocenters. The molecule has 1 heterocycles. The van der Waals surface area contributed by atoms with E-state index in [0.29, 0.717) is 24.8 Å². The van der Waals surface area contributed by atoms with Crippen LogP contribution in [0, 0.1) is 28.6 Å². The Balaban J connectivity index is 2.21. The van der Waals surface area contributed by atoms with E-state index in [1.807, 2.05) is 19.9 Å². The molecule has 1 spiro atoms. The first-order valence-electron chi connectivity index (χ1n) is 13.5. The van der Waals surface area contributed by atoms with Crippen LogP contribution in [-0.4, -0.2) is 49.8 Å². The van der Waals surface area contributed by atoms with E-state index in [9.17, 15) is 14.4 Å². The molecule has 3 rings (SSSR count). The number of esters is 3. The predicted molar refractivity (Wildman–Crippen MR) is 141 cm³/mol. The highest BCUT2D eigenvalue weighted by Gasteiger charge is 2.71. The van der Waals surface area contributed by atoms with E-state index in [4.69, 9.17) is 23.7 Å². The quantitative estimate of drug-likeness (QED) is 0.162. The van der Waals surface area contributed by atoms with Crippen molar-refractivity contribution in [3.8, 4) is 0 Å². The largest absolute Gasteiger partial charge is 0.458 e. The number of allylic oxidation sites excluding steroid dienone is 2. The number of carbonyl (C=O) groups excluding carboxylic acids is 3. The van der Waals surface area contributed by atoms with Crippen LogP contribution in [0.3, 0.4) is 0 Å². The van der Waals surface area contributed by atoms with E-state index < -0.39 is 36.0 Å². The summed E-state index contributed by atoms with van der Waals surface area (Å²) < 4.78 is 29.7.